The second-order valence-corrected chi connectivity index (χ2v) is 8.46. The first-order valence-electron chi connectivity index (χ1n) is 11.4. The third-order valence-electron chi connectivity index (χ3n) is 6.42. The van der Waals surface area contributed by atoms with Crippen molar-refractivity contribution in [2.24, 2.45) is 0 Å². The molecule has 0 unspecified atom stereocenters. The number of para-hydroxylation sites is 2. The molecule has 0 radical (unpaired) electrons. The van der Waals surface area contributed by atoms with E-state index >= 15 is 0 Å². The molecular weight excluding hydrogens is 417 g/mol. The van der Waals surface area contributed by atoms with Gasteiger partial charge in [-0.1, -0.05) is 91.0 Å². The number of nitrogens with zero attached hydrogens (tertiary/aromatic N) is 1. The van der Waals surface area contributed by atoms with Gasteiger partial charge in [0.05, 0.1) is 11.0 Å². The zero-order valence-electron chi connectivity index (χ0n) is 18.5. The lowest BCUT2D eigenvalue weighted by molar-refractivity contribution is 0.426. The Balaban J connectivity index is 1.61. The van der Waals surface area contributed by atoms with Crippen LogP contribution in [0.4, 0.5) is 0 Å². The van der Waals surface area contributed by atoms with Crippen LogP contribution in [0.3, 0.4) is 0 Å². The second-order valence-electron chi connectivity index (χ2n) is 8.46. The normalized spacial score (nSPS) is 11.2. The third-order valence-corrected chi connectivity index (χ3v) is 6.42. The molecule has 0 amide bonds. The van der Waals surface area contributed by atoms with E-state index in [1.54, 1.807) is 6.07 Å². The van der Waals surface area contributed by atoms with Crippen molar-refractivity contribution in [3.63, 3.8) is 0 Å². The molecule has 162 valence electrons. The molecule has 6 aromatic rings. The largest absolute Gasteiger partial charge is 0.488 e. The van der Waals surface area contributed by atoms with Crippen molar-refractivity contribution in [3.8, 4) is 27.9 Å². The van der Waals surface area contributed by atoms with Crippen LogP contribution >= 0.6 is 0 Å². The molecule has 3 nitrogen and oxygen atoms in total. The van der Waals surface area contributed by atoms with Gasteiger partial charge in [0.2, 0.25) is 0 Å². The molecule has 0 aliphatic rings. The topological polar surface area (TPSA) is 45.4 Å². The Hall–Kier alpha value is -4.12. The standard InChI is InChI=1S/C30H22BNO2/c33-31(34)23-16-17-25(27(20-23)21-9-3-1-4-10-21)22-15-18-30-28(19-22)26-13-7-8-14-29(26)32(30)24-11-5-2-6-12-24/h1-20,33-34H. The van der Waals surface area contributed by atoms with E-state index in [1.165, 1.54) is 16.3 Å². The van der Waals surface area contributed by atoms with Gasteiger partial charge in [0.1, 0.15) is 0 Å². The van der Waals surface area contributed by atoms with Crippen LogP contribution < -0.4 is 5.46 Å². The first-order valence-corrected chi connectivity index (χ1v) is 11.4. The van der Waals surface area contributed by atoms with Gasteiger partial charge in [-0.2, -0.15) is 0 Å². The molecule has 0 spiro atoms. The lowest BCUT2D eigenvalue weighted by atomic mass is 9.77. The maximum absolute atomic E-state index is 9.78. The van der Waals surface area contributed by atoms with Crippen molar-refractivity contribution in [1.82, 2.24) is 4.57 Å². The molecule has 0 saturated heterocycles. The van der Waals surface area contributed by atoms with Gasteiger partial charge in [-0.25, -0.2) is 0 Å². The first kappa shape index (κ1) is 20.5. The lowest BCUT2D eigenvalue weighted by Gasteiger charge is -2.13. The predicted octanol–water partition coefficient (Wildman–Crippen LogP) is 5.80. The number of aromatic nitrogens is 1. The molecule has 5 aromatic carbocycles. The van der Waals surface area contributed by atoms with Gasteiger partial charge >= 0.3 is 7.12 Å². The monoisotopic (exact) mass is 439 g/mol. The molecule has 2 N–H and O–H groups in total. The summed E-state index contributed by atoms with van der Waals surface area (Å²) in [5.74, 6) is 0. The molecule has 6 rings (SSSR count). The fourth-order valence-corrected chi connectivity index (χ4v) is 4.83. The zero-order valence-corrected chi connectivity index (χ0v) is 18.5. The fraction of sp³-hybridized carbons (Fsp3) is 0. The highest BCUT2D eigenvalue weighted by Crippen LogP contribution is 2.37. The van der Waals surface area contributed by atoms with Crippen LogP contribution in [0, 0.1) is 0 Å². The molecule has 34 heavy (non-hydrogen) atoms. The van der Waals surface area contributed by atoms with Crippen molar-refractivity contribution in [1.29, 1.82) is 0 Å². The van der Waals surface area contributed by atoms with Crippen LogP contribution in [0.2, 0.25) is 0 Å². The summed E-state index contributed by atoms with van der Waals surface area (Å²) in [4.78, 5) is 0. The van der Waals surface area contributed by atoms with Crippen LogP contribution in [-0.4, -0.2) is 21.7 Å². The minimum atomic E-state index is -1.51. The maximum atomic E-state index is 9.78. The molecule has 0 aliphatic heterocycles. The summed E-state index contributed by atoms with van der Waals surface area (Å²) in [7, 11) is -1.51. The fourth-order valence-electron chi connectivity index (χ4n) is 4.83. The van der Waals surface area contributed by atoms with Crippen molar-refractivity contribution in [3.05, 3.63) is 121 Å². The van der Waals surface area contributed by atoms with Crippen molar-refractivity contribution in [2.45, 2.75) is 0 Å². The van der Waals surface area contributed by atoms with Gasteiger partial charge in [0.25, 0.3) is 0 Å². The molecule has 0 aliphatic carbocycles. The third kappa shape index (κ3) is 3.41. The lowest BCUT2D eigenvalue weighted by Crippen LogP contribution is -2.29. The minimum Gasteiger partial charge on any atom is -0.423 e. The highest BCUT2D eigenvalue weighted by atomic mass is 16.4. The van der Waals surface area contributed by atoms with Gasteiger partial charge < -0.3 is 14.6 Å². The molecule has 4 heteroatoms. The van der Waals surface area contributed by atoms with Gasteiger partial charge in [-0.15, -0.1) is 0 Å². The Kier molecular flexibility index (Phi) is 5.03. The number of hydrogen-bond donors (Lipinski definition) is 2. The van der Waals surface area contributed by atoms with E-state index in [9.17, 15) is 10.0 Å². The summed E-state index contributed by atoms with van der Waals surface area (Å²) in [6.45, 7) is 0. The van der Waals surface area contributed by atoms with E-state index in [-0.39, 0.29) is 0 Å². The minimum absolute atomic E-state index is 0.476. The summed E-state index contributed by atoms with van der Waals surface area (Å²) in [6.07, 6.45) is 0. The Morgan fingerprint density at radius 1 is 0.500 bits per heavy atom. The van der Waals surface area contributed by atoms with E-state index in [0.717, 1.165) is 33.5 Å². The van der Waals surface area contributed by atoms with Gasteiger partial charge in [0.15, 0.2) is 0 Å². The number of rotatable bonds is 4. The van der Waals surface area contributed by atoms with Crippen molar-refractivity contribution < 1.29 is 10.0 Å². The SMILES string of the molecule is OB(O)c1ccc(-c2ccc3c(c2)c2ccccc2n3-c2ccccc2)c(-c2ccccc2)c1. The Bertz CT molecular complexity index is 1620. The molecule has 1 aromatic heterocycles. The van der Waals surface area contributed by atoms with Gasteiger partial charge in [0, 0.05) is 16.5 Å². The average molecular weight is 439 g/mol. The highest BCUT2D eigenvalue weighted by Gasteiger charge is 2.17. The predicted molar refractivity (Wildman–Crippen MR) is 141 cm³/mol. The highest BCUT2D eigenvalue weighted by molar-refractivity contribution is 6.58. The molecule has 0 bridgehead atoms. The van der Waals surface area contributed by atoms with E-state index in [0.29, 0.717) is 5.46 Å². The molecule has 0 atom stereocenters. The van der Waals surface area contributed by atoms with Crippen LogP contribution in [0.1, 0.15) is 0 Å². The van der Waals surface area contributed by atoms with Crippen molar-refractivity contribution in [2.75, 3.05) is 0 Å². The first-order chi connectivity index (χ1) is 16.7. The van der Waals surface area contributed by atoms with E-state index in [4.69, 9.17) is 0 Å². The molecule has 1 heterocycles. The molecular formula is C30H22BNO2. The number of hydrogen-bond acceptors (Lipinski definition) is 2. The maximum Gasteiger partial charge on any atom is 0.488 e. The Labute approximate surface area is 198 Å². The zero-order chi connectivity index (χ0) is 23.1. The number of benzene rings is 5. The van der Waals surface area contributed by atoms with E-state index in [1.807, 2.05) is 48.5 Å². The molecule has 0 fully saturated rings. The Morgan fingerprint density at radius 2 is 1.18 bits per heavy atom. The number of fused-ring (bicyclic) bond motifs is 3. The summed E-state index contributed by atoms with van der Waals surface area (Å²) >= 11 is 0. The van der Waals surface area contributed by atoms with E-state index < -0.39 is 7.12 Å². The summed E-state index contributed by atoms with van der Waals surface area (Å²) in [5, 5.41) is 21.9. The van der Waals surface area contributed by atoms with Crippen LogP contribution in [0.15, 0.2) is 121 Å². The summed E-state index contributed by atoms with van der Waals surface area (Å²) in [5.41, 5.74) is 8.07. The van der Waals surface area contributed by atoms with Crippen LogP contribution in [0.25, 0.3) is 49.7 Å². The van der Waals surface area contributed by atoms with Crippen LogP contribution in [-0.2, 0) is 0 Å². The quantitative estimate of drug-likeness (QED) is 0.341. The Morgan fingerprint density at radius 3 is 1.94 bits per heavy atom. The molecule has 0 saturated carbocycles. The second kappa shape index (κ2) is 8.34. The average Bonchev–Trinajstić information content (AvgIpc) is 3.23. The summed E-state index contributed by atoms with van der Waals surface area (Å²) < 4.78 is 2.30. The van der Waals surface area contributed by atoms with Gasteiger partial charge in [-0.05, 0) is 58.0 Å². The smallest absolute Gasteiger partial charge is 0.423 e. The summed E-state index contributed by atoms with van der Waals surface area (Å²) in [6, 6.07) is 41.2. The van der Waals surface area contributed by atoms with E-state index in [2.05, 4.69) is 71.3 Å². The van der Waals surface area contributed by atoms with Crippen molar-refractivity contribution >= 4 is 34.4 Å². The van der Waals surface area contributed by atoms with Crippen LogP contribution in [0.5, 0.6) is 0 Å². The van der Waals surface area contributed by atoms with Gasteiger partial charge in [-0.3, -0.25) is 0 Å².